The number of thiazole rings is 1. The van der Waals surface area contributed by atoms with Crippen LogP contribution in [0.2, 0.25) is 0 Å². The highest BCUT2D eigenvalue weighted by molar-refractivity contribution is 7.15. The maximum atomic E-state index is 13.4. The van der Waals surface area contributed by atoms with Crippen LogP contribution in [0.4, 0.5) is 9.52 Å². The zero-order valence-electron chi connectivity index (χ0n) is 18.6. The molecule has 5 nitrogen and oxygen atoms in total. The quantitative estimate of drug-likeness (QED) is 0.583. The van der Waals surface area contributed by atoms with E-state index in [0.29, 0.717) is 5.92 Å². The third kappa shape index (κ3) is 6.72. The van der Waals surface area contributed by atoms with E-state index in [1.807, 2.05) is 23.5 Å². The number of ether oxygens (including phenoxy) is 1. The van der Waals surface area contributed by atoms with Crippen molar-refractivity contribution < 1.29 is 9.13 Å². The molecule has 170 valence electrons. The number of aromatic nitrogens is 1. The van der Waals surface area contributed by atoms with Gasteiger partial charge < -0.3 is 14.5 Å². The highest BCUT2D eigenvalue weighted by atomic mass is 32.1. The fourth-order valence-corrected chi connectivity index (χ4v) is 5.65. The largest absolute Gasteiger partial charge is 0.378 e. The zero-order chi connectivity index (χ0) is 21.5. The first kappa shape index (κ1) is 22.6. The second kappa shape index (κ2) is 11.4. The number of morpholine rings is 1. The predicted molar refractivity (Wildman–Crippen MR) is 125 cm³/mol. The maximum Gasteiger partial charge on any atom is 0.185 e. The first-order valence-electron chi connectivity index (χ1n) is 11.7. The lowest BCUT2D eigenvalue weighted by Gasteiger charge is -2.35. The third-order valence-electron chi connectivity index (χ3n) is 6.37. The molecule has 2 saturated heterocycles. The molecule has 0 bridgehead atoms. The molecule has 2 aliphatic rings. The molecule has 0 N–H and O–H groups in total. The molecule has 1 aromatic carbocycles. The van der Waals surface area contributed by atoms with Crippen molar-refractivity contribution in [3.63, 3.8) is 0 Å². The van der Waals surface area contributed by atoms with Gasteiger partial charge in [0.15, 0.2) is 5.13 Å². The number of likely N-dealkylation sites (tertiary alicyclic amines) is 1. The van der Waals surface area contributed by atoms with Crippen LogP contribution in [0.3, 0.4) is 0 Å². The van der Waals surface area contributed by atoms with Crippen LogP contribution in [0.1, 0.15) is 30.2 Å². The van der Waals surface area contributed by atoms with Crippen molar-refractivity contribution in [3.8, 4) is 0 Å². The molecule has 1 unspecified atom stereocenters. The summed E-state index contributed by atoms with van der Waals surface area (Å²) in [6.45, 7) is 12.2. The van der Waals surface area contributed by atoms with Gasteiger partial charge in [-0.2, -0.15) is 0 Å². The highest BCUT2D eigenvalue weighted by Crippen LogP contribution is 2.25. The standard InChI is InChI=1S/C24H35FN4OS/c1-2-27(19-23-16-26-24(31-23)29-11-13-30-14-12-29)17-21-6-4-9-28(18-21)10-8-20-5-3-7-22(25)15-20/h3,5,7,15-16,21H,2,4,6,8-14,17-19H2,1H3. The van der Waals surface area contributed by atoms with Crippen LogP contribution in [-0.4, -0.2) is 73.8 Å². The van der Waals surface area contributed by atoms with Gasteiger partial charge in [-0.3, -0.25) is 4.90 Å². The predicted octanol–water partition coefficient (Wildman–Crippen LogP) is 3.90. The van der Waals surface area contributed by atoms with Crippen molar-refractivity contribution in [3.05, 3.63) is 46.7 Å². The molecule has 1 aromatic heterocycles. The van der Waals surface area contributed by atoms with Crippen LogP contribution in [0.15, 0.2) is 30.5 Å². The topological polar surface area (TPSA) is 31.8 Å². The Balaban J connectivity index is 1.25. The molecule has 7 heteroatoms. The zero-order valence-corrected chi connectivity index (χ0v) is 19.5. The van der Waals surface area contributed by atoms with Crippen LogP contribution in [-0.2, 0) is 17.7 Å². The van der Waals surface area contributed by atoms with Gasteiger partial charge >= 0.3 is 0 Å². The number of piperidine rings is 1. The number of benzene rings is 1. The van der Waals surface area contributed by atoms with Crippen molar-refractivity contribution in [1.29, 1.82) is 0 Å². The Kier molecular flexibility index (Phi) is 8.30. The second-order valence-corrected chi connectivity index (χ2v) is 9.82. The number of halogens is 1. The van der Waals surface area contributed by atoms with E-state index in [0.717, 1.165) is 82.7 Å². The van der Waals surface area contributed by atoms with Gasteiger partial charge in [0.25, 0.3) is 0 Å². The molecule has 0 radical (unpaired) electrons. The summed E-state index contributed by atoms with van der Waals surface area (Å²) in [7, 11) is 0. The molecular weight excluding hydrogens is 411 g/mol. The van der Waals surface area contributed by atoms with E-state index < -0.39 is 0 Å². The smallest absolute Gasteiger partial charge is 0.185 e. The van der Waals surface area contributed by atoms with Crippen LogP contribution < -0.4 is 4.90 Å². The maximum absolute atomic E-state index is 13.4. The summed E-state index contributed by atoms with van der Waals surface area (Å²) in [5, 5.41) is 1.13. The molecular formula is C24H35FN4OS. The molecule has 31 heavy (non-hydrogen) atoms. The summed E-state index contributed by atoms with van der Waals surface area (Å²) in [5.74, 6) is 0.570. The molecule has 2 aliphatic heterocycles. The van der Waals surface area contributed by atoms with Gasteiger partial charge in [0, 0.05) is 50.3 Å². The van der Waals surface area contributed by atoms with E-state index in [9.17, 15) is 4.39 Å². The Morgan fingerprint density at radius 3 is 2.94 bits per heavy atom. The van der Waals surface area contributed by atoms with E-state index in [1.165, 1.54) is 23.8 Å². The van der Waals surface area contributed by atoms with Crippen molar-refractivity contribution >= 4 is 16.5 Å². The van der Waals surface area contributed by atoms with E-state index in [2.05, 4.69) is 32.8 Å². The monoisotopic (exact) mass is 446 g/mol. The van der Waals surface area contributed by atoms with Crippen molar-refractivity contribution in [1.82, 2.24) is 14.8 Å². The van der Waals surface area contributed by atoms with E-state index >= 15 is 0 Å². The average molecular weight is 447 g/mol. The Labute approximate surface area is 189 Å². The number of hydrogen-bond acceptors (Lipinski definition) is 6. The molecule has 2 fully saturated rings. The number of hydrogen-bond donors (Lipinski definition) is 0. The summed E-state index contributed by atoms with van der Waals surface area (Å²) < 4.78 is 18.9. The average Bonchev–Trinajstić information content (AvgIpc) is 3.27. The first-order valence-corrected chi connectivity index (χ1v) is 12.5. The van der Waals surface area contributed by atoms with Gasteiger partial charge in [0.1, 0.15) is 5.82 Å². The lowest BCUT2D eigenvalue weighted by Crippen LogP contribution is -2.41. The van der Waals surface area contributed by atoms with E-state index in [-0.39, 0.29) is 5.82 Å². The van der Waals surface area contributed by atoms with Gasteiger partial charge in [-0.25, -0.2) is 9.37 Å². The van der Waals surface area contributed by atoms with Gasteiger partial charge in [-0.15, -0.1) is 11.3 Å². The number of rotatable bonds is 9. The Morgan fingerprint density at radius 2 is 2.13 bits per heavy atom. The molecule has 3 heterocycles. The van der Waals surface area contributed by atoms with Gasteiger partial charge in [-0.1, -0.05) is 19.1 Å². The van der Waals surface area contributed by atoms with Gasteiger partial charge in [0.2, 0.25) is 0 Å². The molecule has 0 saturated carbocycles. The van der Waals surface area contributed by atoms with Crippen LogP contribution in [0, 0.1) is 11.7 Å². The second-order valence-electron chi connectivity index (χ2n) is 8.73. The van der Waals surface area contributed by atoms with Crippen molar-refractivity contribution in [2.75, 3.05) is 63.9 Å². The third-order valence-corrected chi connectivity index (χ3v) is 7.42. The summed E-state index contributed by atoms with van der Waals surface area (Å²) in [6.07, 6.45) is 5.54. The molecule has 4 rings (SSSR count). The highest BCUT2D eigenvalue weighted by Gasteiger charge is 2.22. The fraction of sp³-hybridized carbons (Fsp3) is 0.625. The minimum atomic E-state index is -0.132. The Morgan fingerprint density at radius 1 is 1.26 bits per heavy atom. The first-order chi connectivity index (χ1) is 15.2. The summed E-state index contributed by atoms with van der Waals surface area (Å²) >= 11 is 1.83. The SMILES string of the molecule is CCN(Cc1cnc(N2CCOCC2)s1)CC1CCCN(CCc2cccc(F)c2)C1. The molecule has 1 atom stereocenters. The van der Waals surface area contributed by atoms with Crippen LogP contribution >= 0.6 is 11.3 Å². The molecule has 2 aromatic rings. The van der Waals surface area contributed by atoms with E-state index in [4.69, 9.17) is 4.74 Å². The van der Waals surface area contributed by atoms with Crippen LogP contribution in [0.25, 0.3) is 0 Å². The lowest BCUT2D eigenvalue weighted by molar-refractivity contribution is 0.122. The Bertz CT molecular complexity index is 810. The minimum Gasteiger partial charge on any atom is -0.378 e. The minimum absolute atomic E-state index is 0.132. The number of nitrogens with zero attached hydrogens (tertiary/aromatic N) is 4. The van der Waals surface area contributed by atoms with Crippen molar-refractivity contribution in [2.45, 2.75) is 32.7 Å². The van der Waals surface area contributed by atoms with Crippen LogP contribution in [0.5, 0.6) is 0 Å². The van der Waals surface area contributed by atoms with Crippen molar-refractivity contribution in [2.24, 2.45) is 5.92 Å². The van der Waals surface area contributed by atoms with Gasteiger partial charge in [0.05, 0.1) is 13.2 Å². The normalized spacial score (nSPS) is 20.5. The summed E-state index contributed by atoms with van der Waals surface area (Å²) in [4.78, 5) is 13.5. The molecule has 0 aliphatic carbocycles. The molecule has 0 spiro atoms. The van der Waals surface area contributed by atoms with Gasteiger partial charge in [-0.05, 0) is 56.0 Å². The molecule has 0 amide bonds. The van der Waals surface area contributed by atoms with E-state index in [1.54, 1.807) is 6.07 Å². The Hall–Kier alpha value is -1.54. The summed E-state index contributed by atoms with van der Waals surface area (Å²) in [6, 6.07) is 7.03. The summed E-state index contributed by atoms with van der Waals surface area (Å²) in [5.41, 5.74) is 1.10. The number of anilines is 1. The lowest BCUT2D eigenvalue weighted by atomic mass is 9.97. The fourth-order valence-electron chi connectivity index (χ4n) is 4.65.